The second-order valence-electron chi connectivity index (χ2n) is 8.03. The van der Waals surface area contributed by atoms with Gasteiger partial charge in [-0.2, -0.15) is 4.31 Å². The van der Waals surface area contributed by atoms with Crippen LogP contribution < -0.4 is 0 Å². The van der Waals surface area contributed by atoms with Gasteiger partial charge in [0.05, 0.1) is 10.9 Å². The number of benzene rings is 3. The van der Waals surface area contributed by atoms with Crippen molar-refractivity contribution < 1.29 is 8.42 Å². The average molecular weight is 499 g/mol. The number of hydrogen-bond acceptors (Lipinski definition) is 3. The van der Waals surface area contributed by atoms with Gasteiger partial charge < -0.3 is 0 Å². The molecule has 31 heavy (non-hydrogen) atoms. The molecule has 4 nitrogen and oxygen atoms in total. The van der Waals surface area contributed by atoms with Crippen molar-refractivity contribution in [2.75, 3.05) is 26.2 Å². The van der Waals surface area contributed by atoms with E-state index in [0.29, 0.717) is 31.1 Å². The van der Waals surface area contributed by atoms with Crippen molar-refractivity contribution >= 4 is 26.0 Å². The van der Waals surface area contributed by atoms with E-state index in [1.807, 2.05) is 32.0 Å². The van der Waals surface area contributed by atoms with Crippen LogP contribution in [0.4, 0.5) is 0 Å². The summed E-state index contributed by atoms with van der Waals surface area (Å²) in [5, 5.41) is 0. The summed E-state index contributed by atoms with van der Waals surface area (Å²) in [6, 6.07) is 24.7. The van der Waals surface area contributed by atoms with Crippen LogP contribution in [-0.2, 0) is 10.0 Å². The highest BCUT2D eigenvalue weighted by Crippen LogP contribution is 2.32. The minimum atomic E-state index is -3.53. The quantitative estimate of drug-likeness (QED) is 0.487. The van der Waals surface area contributed by atoms with Crippen molar-refractivity contribution in [1.82, 2.24) is 9.21 Å². The van der Waals surface area contributed by atoms with E-state index < -0.39 is 10.0 Å². The maximum absolute atomic E-state index is 13.4. The molecule has 0 saturated carbocycles. The normalized spacial score (nSPS) is 16.0. The highest BCUT2D eigenvalue weighted by Gasteiger charge is 2.33. The first-order chi connectivity index (χ1) is 14.9. The highest BCUT2D eigenvalue weighted by atomic mass is 79.9. The van der Waals surface area contributed by atoms with Gasteiger partial charge in [-0.15, -0.1) is 0 Å². The molecule has 1 aliphatic heterocycles. The first kappa shape index (κ1) is 22.2. The number of aryl methyl sites for hydroxylation is 2. The Hall–Kier alpha value is -1.99. The van der Waals surface area contributed by atoms with E-state index in [0.717, 1.165) is 15.6 Å². The number of halogens is 1. The van der Waals surface area contributed by atoms with E-state index in [9.17, 15) is 8.42 Å². The Morgan fingerprint density at radius 2 is 1.29 bits per heavy atom. The summed E-state index contributed by atoms with van der Waals surface area (Å²) in [7, 11) is -3.53. The molecule has 1 fully saturated rings. The Kier molecular flexibility index (Phi) is 6.63. The Morgan fingerprint density at radius 3 is 1.81 bits per heavy atom. The van der Waals surface area contributed by atoms with Crippen LogP contribution in [0.5, 0.6) is 0 Å². The smallest absolute Gasteiger partial charge is 0.243 e. The molecule has 0 unspecified atom stereocenters. The molecule has 6 heteroatoms. The van der Waals surface area contributed by atoms with Crippen molar-refractivity contribution in [3.63, 3.8) is 0 Å². The van der Waals surface area contributed by atoms with E-state index in [-0.39, 0.29) is 6.04 Å². The molecule has 0 amide bonds. The number of hydrogen-bond donors (Lipinski definition) is 0. The van der Waals surface area contributed by atoms with Gasteiger partial charge in [0.2, 0.25) is 10.0 Å². The minimum Gasteiger partial charge on any atom is -0.290 e. The number of rotatable bonds is 5. The number of nitrogens with zero attached hydrogens (tertiary/aromatic N) is 2. The van der Waals surface area contributed by atoms with Crippen LogP contribution in [0.3, 0.4) is 0 Å². The third-order valence-electron chi connectivity index (χ3n) is 5.94. The fourth-order valence-corrected chi connectivity index (χ4v) is 6.46. The molecule has 3 aromatic carbocycles. The van der Waals surface area contributed by atoms with Gasteiger partial charge in [0.15, 0.2) is 0 Å². The first-order valence-corrected chi connectivity index (χ1v) is 12.7. The van der Waals surface area contributed by atoms with Gasteiger partial charge in [-0.1, -0.05) is 82.7 Å². The zero-order valence-electron chi connectivity index (χ0n) is 17.8. The van der Waals surface area contributed by atoms with Crippen molar-refractivity contribution in [3.8, 4) is 0 Å². The molecule has 0 aliphatic carbocycles. The lowest BCUT2D eigenvalue weighted by molar-refractivity contribution is 0.156. The molecule has 162 valence electrons. The molecular formula is C25H27BrN2O2S. The minimum absolute atomic E-state index is 0.113. The van der Waals surface area contributed by atoms with Gasteiger partial charge in [-0.05, 0) is 42.2 Å². The van der Waals surface area contributed by atoms with Crippen molar-refractivity contribution in [2.45, 2.75) is 24.8 Å². The molecule has 4 rings (SSSR count). The lowest BCUT2D eigenvalue weighted by Gasteiger charge is -2.39. The topological polar surface area (TPSA) is 40.6 Å². The SMILES string of the molecule is Cc1cc(C)c(S(=O)(=O)N2CCN(C(c3ccccc3)c3ccccc3)CC2)cc1Br. The third kappa shape index (κ3) is 4.62. The lowest BCUT2D eigenvalue weighted by Crippen LogP contribution is -2.49. The van der Waals surface area contributed by atoms with Crippen molar-refractivity contribution in [3.05, 3.63) is 99.5 Å². The second-order valence-corrected chi connectivity index (χ2v) is 10.8. The van der Waals surface area contributed by atoms with Crippen molar-refractivity contribution in [1.29, 1.82) is 0 Å². The van der Waals surface area contributed by atoms with Crippen LogP contribution >= 0.6 is 15.9 Å². The predicted octanol–water partition coefficient (Wildman–Crippen LogP) is 5.16. The summed E-state index contributed by atoms with van der Waals surface area (Å²) in [6.45, 7) is 6.15. The second kappa shape index (κ2) is 9.25. The number of piperazine rings is 1. The van der Waals surface area contributed by atoms with Crippen LogP contribution in [0, 0.1) is 13.8 Å². The first-order valence-electron chi connectivity index (χ1n) is 10.5. The highest BCUT2D eigenvalue weighted by molar-refractivity contribution is 9.10. The van der Waals surface area contributed by atoms with E-state index in [1.54, 1.807) is 10.4 Å². The molecule has 1 heterocycles. The molecule has 0 N–H and O–H groups in total. The van der Waals surface area contributed by atoms with Gasteiger partial charge >= 0.3 is 0 Å². The average Bonchev–Trinajstić information content (AvgIpc) is 2.78. The van der Waals surface area contributed by atoms with Crippen LogP contribution in [0.25, 0.3) is 0 Å². The Labute approximate surface area is 193 Å². The van der Waals surface area contributed by atoms with Gasteiger partial charge in [-0.3, -0.25) is 4.90 Å². The van der Waals surface area contributed by atoms with Crippen LogP contribution in [0.15, 0.2) is 82.2 Å². The van der Waals surface area contributed by atoms with Crippen molar-refractivity contribution in [2.24, 2.45) is 0 Å². The van der Waals surface area contributed by atoms with Gasteiger partial charge in [0, 0.05) is 30.7 Å². The summed E-state index contributed by atoms with van der Waals surface area (Å²) < 4.78 is 29.2. The van der Waals surface area contributed by atoms with E-state index >= 15 is 0 Å². The molecule has 0 aromatic heterocycles. The Balaban J connectivity index is 1.58. The third-order valence-corrected chi connectivity index (χ3v) is 8.84. The summed E-state index contributed by atoms with van der Waals surface area (Å²) in [5.74, 6) is 0. The largest absolute Gasteiger partial charge is 0.290 e. The monoisotopic (exact) mass is 498 g/mol. The molecule has 0 radical (unpaired) electrons. The molecule has 3 aromatic rings. The summed E-state index contributed by atoms with van der Waals surface area (Å²) in [4.78, 5) is 2.77. The van der Waals surface area contributed by atoms with Gasteiger partial charge in [0.25, 0.3) is 0 Å². The van der Waals surface area contributed by atoms with E-state index in [4.69, 9.17) is 0 Å². The molecule has 0 spiro atoms. The maximum atomic E-state index is 13.4. The summed E-state index contributed by atoms with van der Waals surface area (Å²) in [6.07, 6.45) is 0. The molecule has 0 bridgehead atoms. The molecular weight excluding hydrogens is 472 g/mol. The molecule has 1 saturated heterocycles. The summed E-state index contributed by atoms with van der Waals surface area (Å²) in [5.41, 5.74) is 4.27. The van der Waals surface area contributed by atoms with Crippen LogP contribution in [0.1, 0.15) is 28.3 Å². The van der Waals surface area contributed by atoms with Crippen LogP contribution in [0.2, 0.25) is 0 Å². The Bertz CT molecular complexity index is 1100. The zero-order valence-corrected chi connectivity index (χ0v) is 20.2. The standard InChI is InChI=1S/C25H27BrN2O2S/c1-19-17-20(2)24(18-23(19)26)31(29,30)28-15-13-27(14-16-28)25(21-9-5-3-6-10-21)22-11-7-4-8-12-22/h3-12,17-18,25H,13-16H2,1-2H3. The maximum Gasteiger partial charge on any atom is 0.243 e. The van der Waals surface area contributed by atoms with Crippen LogP contribution in [-0.4, -0.2) is 43.8 Å². The van der Waals surface area contributed by atoms with E-state index in [2.05, 4.69) is 69.4 Å². The molecule has 0 atom stereocenters. The fourth-order valence-electron chi connectivity index (χ4n) is 4.31. The summed E-state index contributed by atoms with van der Waals surface area (Å²) >= 11 is 3.49. The lowest BCUT2D eigenvalue weighted by atomic mass is 9.96. The predicted molar refractivity (Wildman–Crippen MR) is 129 cm³/mol. The Morgan fingerprint density at radius 1 is 0.774 bits per heavy atom. The zero-order chi connectivity index (χ0) is 22.0. The van der Waals surface area contributed by atoms with Gasteiger partial charge in [-0.25, -0.2) is 8.42 Å². The fraction of sp³-hybridized carbons (Fsp3) is 0.280. The number of sulfonamides is 1. The van der Waals surface area contributed by atoms with E-state index in [1.165, 1.54) is 11.1 Å². The van der Waals surface area contributed by atoms with Gasteiger partial charge in [0.1, 0.15) is 0 Å². The molecule has 1 aliphatic rings.